The second kappa shape index (κ2) is 14.6. The molecular weight excluding hydrogens is 464 g/mol. The van der Waals surface area contributed by atoms with E-state index in [9.17, 15) is 33.6 Å². The van der Waals surface area contributed by atoms with E-state index < -0.39 is 60.5 Å². The van der Waals surface area contributed by atoms with Crippen LogP contribution in [-0.2, 0) is 28.8 Å². The van der Waals surface area contributed by atoms with Gasteiger partial charge in [-0.3, -0.25) is 33.6 Å². The summed E-state index contributed by atoms with van der Waals surface area (Å²) >= 11 is 0. The van der Waals surface area contributed by atoms with Gasteiger partial charge in [0.05, 0.1) is 0 Å². The zero-order chi connectivity index (χ0) is 26.4. The second-order valence-electron chi connectivity index (χ2n) is 7.12. The molecule has 2 atom stereocenters. The van der Waals surface area contributed by atoms with Gasteiger partial charge in [0.1, 0.15) is 24.9 Å². The molecule has 7 N–H and O–H groups in total. The number of nitrogens with two attached hydrogens (primary N) is 1. The molecule has 0 bridgehead atoms. The summed E-state index contributed by atoms with van der Waals surface area (Å²) < 4.78 is 0. The van der Waals surface area contributed by atoms with Crippen molar-refractivity contribution in [3.63, 3.8) is 0 Å². The number of carboxylic acids is 2. The number of rotatable bonds is 15. The SMILES string of the molecule is NC(=O)[C@H](CCC(=O)O)NC(=O)[CH]NC(=O)[C@H](CCC(=O)O)NC(=O)c1ccc(/C=C/C=O)cc1. The average molecular weight is 489 g/mol. The van der Waals surface area contributed by atoms with Crippen molar-refractivity contribution in [3.8, 4) is 0 Å². The maximum absolute atomic E-state index is 12.5. The molecule has 1 radical (unpaired) electrons. The molecule has 0 unspecified atom stereocenters. The van der Waals surface area contributed by atoms with E-state index in [2.05, 4.69) is 16.0 Å². The van der Waals surface area contributed by atoms with E-state index in [1.54, 1.807) is 12.1 Å². The van der Waals surface area contributed by atoms with Crippen LogP contribution in [-0.4, -0.2) is 64.2 Å². The topological polar surface area (TPSA) is 222 Å². The molecule has 1 aromatic rings. The molecule has 0 fully saturated rings. The van der Waals surface area contributed by atoms with Crippen molar-refractivity contribution in [2.45, 2.75) is 37.8 Å². The predicted molar refractivity (Wildman–Crippen MR) is 120 cm³/mol. The zero-order valence-corrected chi connectivity index (χ0v) is 18.4. The predicted octanol–water partition coefficient (Wildman–Crippen LogP) is -1.03. The summed E-state index contributed by atoms with van der Waals surface area (Å²) in [6.07, 6.45) is 1.93. The Bertz CT molecular complexity index is 989. The molecular formula is C22H25N4O9. The van der Waals surface area contributed by atoms with E-state index in [1.807, 2.05) is 0 Å². The van der Waals surface area contributed by atoms with Gasteiger partial charge in [0.15, 0.2) is 0 Å². The number of carbonyl (C=O) groups is 7. The van der Waals surface area contributed by atoms with Crippen molar-refractivity contribution in [1.29, 1.82) is 0 Å². The van der Waals surface area contributed by atoms with Crippen LogP contribution in [0, 0.1) is 6.54 Å². The molecule has 35 heavy (non-hydrogen) atoms. The highest BCUT2D eigenvalue weighted by Gasteiger charge is 2.24. The van der Waals surface area contributed by atoms with Crippen molar-refractivity contribution in [2.24, 2.45) is 5.73 Å². The van der Waals surface area contributed by atoms with Gasteiger partial charge in [0.2, 0.25) is 17.7 Å². The van der Waals surface area contributed by atoms with E-state index in [-0.39, 0.29) is 18.4 Å². The Kier molecular flexibility index (Phi) is 11.9. The van der Waals surface area contributed by atoms with Crippen LogP contribution in [0.1, 0.15) is 41.6 Å². The maximum atomic E-state index is 12.5. The van der Waals surface area contributed by atoms with Crippen LogP contribution in [0.3, 0.4) is 0 Å². The number of carbonyl (C=O) groups excluding carboxylic acids is 5. The van der Waals surface area contributed by atoms with E-state index in [0.29, 0.717) is 18.4 Å². The highest BCUT2D eigenvalue weighted by Crippen LogP contribution is 2.08. The summed E-state index contributed by atoms with van der Waals surface area (Å²) in [6.45, 7) is 0.646. The lowest BCUT2D eigenvalue weighted by Crippen LogP contribution is -2.49. The summed E-state index contributed by atoms with van der Waals surface area (Å²) in [4.78, 5) is 80.3. The molecule has 0 heterocycles. The molecule has 0 aliphatic rings. The smallest absolute Gasteiger partial charge is 0.303 e. The van der Waals surface area contributed by atoms with Gasteiger partial charge in [-0.15, -0.1) is 0 Å². The summed E-state index contributed by atoms with van der Waals surface area (Å²) in [5.74, 6) is -5.94. The number of aldehydes is 1. The van der Waals surface area contributed by atoms with Gasteiger partial charge in [0.25, 0.3) is 5.91 Å². The molecule has 0 aliphatic heterocycles. The van der Waals surface area contributed by atoms with E-state index in [0.717, 1.165) is 0 Å². The van der Waals surface area contributed by atoms with Crippen LogP contribution in [0.15, 0.2) is 30.3 Å². The van der Waals surface area contributed by atoms with Crippen LogP contribution in [0.4, 0.5) is 0 Å². The first-order chi connectivity index (χ1) is 16.5. The number of aliphatic carboxylic acids is 2. The lowest BCUT2D eigenvalue weighted by Gasteiger charge is -2.18. The highest BCUT2D eigenvalue weighted by atomic mass is 16.4. The quantitative estimate of drug-likeness (QED) is 0.131. The Morgan fingerprint density at radius 1 is 0.886 bits per heavy atom. The fourth-order valence-corrected chi connectivity index (χ4v) is 2.68. The summed E-state index contributed by atoms with van der Waals surface area (Å²) in [7, 11) is 0. The molecule has 0 aliphatic carbocycles. The number of hydrogen-bond acceptors (Lipinski definition) is 7. The molecule has 0 saturated heterocycles. The number of benzene rings is 1. The van der Waals surface area contributed by atoms with Crippen LogP contribution >= 0.6 is 0 Å². The lowest BCUT2D eigenvalue weighted by molar-refractivity contribution is -0.138. The fourth-order valence-electron chi connectivity index (χ4n) is 2.68. The van der Waals surface area contributed by atoms with Gasteiger partial charge in [-0.1, -0.05) is 18.2 Å². The summed E-state index contributed by atoms with van der Waals surface area (Å²) in [5, 5.41) is 24.3. The third kappa shape index (κ3) is 11.2. The number of nitrogens with one attached hydrogen (secondary N) is 3. The normalized spacial score (nSPS) is 12.2. The van der Waals surface area contributed by atoms with Crippen LogP contribution in [0.5, 0.6) is 0 Å². The molecule has 1 aromatic carbocycles. The molecule has 1 rings (SSSR count). The van der Waals surface area contributed by atoms with Gasteiger partial charge < -0.3 is 31.9 Å². The molecule has 13 nitrogen and oxygen atoms in total. The van der Waals surface area contributed by atoms with Gasteiger partial charge in [-0.25, -0.2) is 0 Å². The van der Waals surface area contributed by atoms with Crippen LogP contribution in [0.2, 0.25) is 0 Å². The lowest BCUT2D eigenvalue weighted by atomic mass is 10.1. The van der Waals surface area contributed by atoms with Crippen LogP contribution < -0.4 is 21.7 Å². The fraction of sp³-hybridized carbons (Fsp3) is 0.273. The molecule has 13 heteroatoms. The van der Waals surface area contributed by atoms with Crippen molar-refractivity contribution >= 4 is 47.9 Å². The monoisotopic (exact) mass is 489 g/mol. The first-order valence-electron chi connectivity index (χ1n) is 10.2. The summed E-state index contributed by atoms with van der Waals surface area (Å²) in [5.41, 5.74) is 5.92. The van der Waals surface area contributed by atoms with Gasteiger partial charge in [-0.05, 0) is 36.6 Å². The highest BCUT2D eigenvalue weighted by molar-refractivity contribution is 5.99. The van der Waals surface area contributed by atoms with Gasteiger partial charge in [-0.2, -0.15) is 0 Å². The first-order valence-corrected chi connectivity index (χ1v) is 10.2. The van der Waals surface area contributed by atoms with E-state index in [1.165, 1.54) is 24.3 Å². The average Bonchev–Trinajstić information content (AvgIpc) is 2.81. The standard InChI is InChI=1S/C22H25N4O9/c23-20(33)15(7-9-18(29)30)25-17(28)12-24-22(35)16(8-10-19(31)32)26-21(34)14-5-3-13(4-6-14)2-1-11-27/h1-6,11-12,15-16H,7-10H2,(H2,23,33)(H,24,35)(H,25,28)(H,26,34)(H,29,30)(H,31,32)/b2-1+/t15-,16-/m0/s1. The molecule has 0 spiro atoms. The Morgan fingerprint density at radius 3 is 1.97 bits per heavy atom. The minimum Gasteiger partial charge on any atom is -0.481 e. The Morgan fingerprint density at radius 2 is 1.46 bits per heavy atom. The number of amides is 4. The first kappa shape index (κ1) is 28.5. The second-order valence-corrected chi connectivity index (χ2v) is 7.12. The van der Waals surface area contributed by atoms with Crippen molar-refractivity contribution < 1.29 is 43.8 Å². The van der Waals surface area contributed by atoms with E-state index >= 15 is 0 Å². The third-order valence-electron chi connectivity index (χ3n) is 4.46. The molecule has 187 valence electrons. The number of hydrogen-bond donors (Lipinski definition) is 6. The minimum atomic E-state index is -1.32. The molecule has 4 amide bonds. The Balaban J connectivity index is 2.77. The van der Waals surface area contributed by atoms with Gasteiger partial charge in [0, 0.05) is 18.4 Å². The van der Waals surface area contributed by atoms with Crippen molar-refractivity contribution in [3.05, 3.63) is 48.0 Å². The molecule has 0 saturated carbocycles. The Hall–Kier alpha value is -4.55. The third-order valence-corrected chi connectivity index (χ3v) is 4.46. The molecule has 0 aromatic heterocycles. The summed E-state index contributed by atoms with van der Waals surface area (Å²) in [6, 6.07) is 3.37. The number of primary amides is 1. The largest absolute Gasteiger partial charge is 0.481 e. The zero-order valence-electron chi connectivity index (χ0n) is 18.4. The van der Waals surface area contributed by atoms with Crippen molar-refractivity contribution in [2.75, 3.05) is 0 Å². The number of carboxylic acid groups (broad SMARTS) is 2. The van der Waals surface area contributed by atoms with Crippen molar-refractivity contribution in [1.82, 2.24) is 16.0 Å². The van der Waals surface area contributed by atoms with Gasteiger partial charge >= 0.3 is 11.9 Å². The number of allylic oxidation sites excluding steroid dienone is 1. The van der Waals surface area contributed by atoms with Crippen LogP contribution in [0.25, 0.3) is 6.08 Å². The maximum Gasteiger partial charge on any atom is 0.303 e. The van der Waals surface area contributed by atoms with E-state index in [4.69, 9.17) is 15.9 Å². The minimum absolute atomic E-state index is 0.158. The Labute approximate surface area is 199 Å².